The number of carbonyl (C=O) groups excluding carboxylic acids is 1. The molecule has 6 heteroatoms. The highest BCUT2D eigenvalue weighted by Gasteiger charge is 2.50. The van der Waals surface area contributed by atoms with Crippen molar-refractivity contribution in [2.45, 2.75) is 25.4 Å². The summed E-state index contributed by atoms with van der Waals surface area (Å²) in [6, 6.07) is 1.51. The summed E-state index contributed by atoms with van der Waals surface area (Å²) in [5.41, 5.74) is -0.354. The van der Waals surface area contributed by atoms with E-state index < -0.39 is 0 Å². The van der Waals surface area contributed by atoms with Crippen molar-refractivity contribution in [3.05, 3.63) is 18.5 Å². The zero-order valence-electron chi connectivity index (χ0n) is 10.5. The molecule has 1 amide bonds. The molecule has 100 valence electrons. The quantitative estimate of drug-likeness (QED) is 0.705. The molecule has 1 atom stereocenters. The number of hydrogen-bond acceptors (Lipinski definition) is 4. The van der Waals surface area contributed by atoms with Gasteiger partial charge in [0.1, 0.15) is 0 Å². The molecule has 0 saturated heterocycles. The molecule has 1 fully saturated rings. The highest BCUT2D eigenvalue weighted by molar-refractivity contribution is 5.85. The second-order valence-electron chi connectivity index (χ2n) is 4.79. The topological polar surface area (TPSA) is 76.4 Å². The molecule has 0 radical (unpaired) electrons. The first-order chi connectivity index (χ1) is 8.70. The Balaban J connectivity index is 1.91. The van der Waals surface area contributed by atoms with E-state index in [9.17, 15) is 4.79 Å². The Morgan fingerprint density at radius 2 is 2.44 bits per heavy atom. The number of hydrogen-bond donors (Lipinski definition) is 2. The Kier molecular flexibility index (Phi) is 3.98. The average Bonchev–Trinajstić information content (AvgIpc) is 2.96. The number of rotatable bonds is 7. The van der Waals surface area contributed by atoms with E-state index in [0.717, 1.165) is 12.8 Å². The molecule has 1 aromatic heterocycles. The van der Waals surface area contributed by atoms with E-state index in [4.69, 9.17) is 9.84 Å². The van der Waals surface area contributed by atoms with Crippen molar-refractivity contribution >= 4 is 5.91 Å². The minimum absolute atomic E-state index is 0.0194. The fraction of sp³-hybridized carbons (Fsp3) is 0.667. The molecule has 2 N–H and O–H groups in total. The minimum atomic E-state index is -0.354. The third kappa shape index (κ3) is 2.88. The number of aliphatic hydroxyl groups excluding tert-OH is 1. The van der Waals surface area contributed by atoms with Gasteiger partial charge in [-0.25, -0.2) is 0 Å². The van der Waals surface area contributed by atoms with Crippen molar-refractivity contribution in [3.63, 3.8) is 0 Å². The van der Waals surface area contributed by atoms with Crippen LogP contribution in [-0.4, -0.2) is 47.2 Å². The minimum Gasteiger partial charge on any atom is -0.394 e. The molecule has 0 bridgehead atoms. The summed E-state index contributed by atoms with van der Waals surface area (Å²) >= 11 is 0. The second kappa shape index (κ2) is 5.49. The highest BCUT2D eigenvalue weighted by atomic mass is 16.5. The van der Waals surface area contributed by atoms with Crippen LogP contribution in [0.1, 0.15) is 12.8 Å². The molecular weight excluding hydrogens is 234 g/mol. The second-order valence-corrected chi connectivity index (χ2v) is 4.79. The van der Waals surface area contributed by atoms with Gasteiger partial charge in [0, 0.05) is 19.5 Å². The summed E-state index contributed by atoms with van der Waals surface area (Å²) in [6.45, 7) is 0.800. The first kappa shape index (κ1) is 13.0. The van der Waals surface area contributed by atoms with E-state index >= 15 is 0 Å². The molecule has 18 heavy (non-hydrogen) atoms. The summed E-state index contributed by atoms with van der Waals surface area (Å²) in [4.78, 5) is 12.2. The molecule has 0 aromatic carbocycles. The number of aliphatic hydroxyl groups is 1. The van der Waals surface area contributed by atoms with E-state index in [-0.39, 0.29) is 24.0 Å². The number of aromatic nitrogens is 2. The van der Waals surface area contributed by atoms with Gasteiger partial charge in [-0.05, 0) is 18.9 Å². The van der Waals surface area contributed by atoms with Crippen molar-refractivity contribution in [1.29, 1.82) is 0 Å². The lowest BCUT2D eigenvalue weighted by atomic mass is 10.1. The lowest BCUT2D eigenvalue weighted by Gasteiger charge is -2.20. The molecule has 1 aromatic rings. The lowest BCUT2D eigenvalue weighted by molar-refractivity contribution is -0.128. The van der Waals surface area contributed by atoms with Gasteiger partial charge in [0.2, 0.25) is 5.91 Å². The lowest BCUT2D eigenvalue weighted by Crippen LogP contribution is -2.45. The van der Waals surface area contributed by atoms with Crippen molar-refractivity contribution in [3.8, 4) is 0 Å². The van der Waals surface area contributed by atoms with Crippen LogP contribution in [0.15, 0.2) is 18.5 Å². The van der Waals surface area contributed by atoms with Crippen LogP contribution in [0, 0.1) is 5.41 Å². The first-order valence-electron chi connectivity index (χ1n) is 6.08. The maximum Gasteiger partial charge on any atom is 0.228 e. The van der Waals surface area contributed by atoms with Crippen LogP contribution in [0.2, 0.25) is 0 Å². The first-order valence-corrected chi connectivity index (χ1v) is 6.08. The summed E-state index contributed by atoms with van der Waals surface area (Å²) in [7, 11) is 1.55. The summed E-state index contributed by atoms with van der Waals surface area (Å²) in [5, 5.41) is 16.1. The Labute approximate surface area is 106 Å². The maximum atomic E-state index is 12.2. The van der Waals surface area contributed by atoms with Gasteiger partial charge in [0.25, 0.3) is 0 Å². The molecule has 0 aliphatic heterocycles. The number of methoxy groups -OCH3 is 1. The Morgan fingerprint density at radius 3 is 2.94 bits per heavy atom. The highest BCUT2D eigenvalue weighted by Crippen LogP contribution is 2.47. The molecular formula is C12H19N3O3. The molecule has 1 aliphatic carbocycles. The van der Waals surface area contributed by atoms with E-state index in [1.54, 1.807) is 18.0 Å². The third-order valence-corrected chi connectivity index (χ3v) is 3.28. The molecule has 1 heterocycles. The van der Waals surface area contributed by atoms with Crippen LogP contribution < -0.4 is 5.32 Å². The van der Waals surface area contributed by atoms with Gasteiger partial charge in [-0.15, -0.1) is 0 Å². The summed E-state index contributed by atoms with van der Waals surface area (Å²) in [5.74, 6) is -0.0194. The molecule has 0 unspecified atom stereocenters. The fourth-order valence-electron chi connectivity index (χ4n) is 1.99. The van der Waals surface area contributed by atoms with Crippen LogP contribution in [0.3, 0.4) is 0 Å². The van der Waals surface area contributed by atoms with Gasteiger partial charge in [0.05, 0.1) is 31.2 Å². The third-order valence-electron chi connectivity index (χ3n) is 3.28. The standard InChI is InChI=1S/C12H19N3O3/c1-18-8-10(7-16)14-11(17)12(3-4-12)9-15-6-2-5-13-15/h2,5-6,10,16H,3-4,7-9H2,1H3,(H,14,17)/t10-/m1/s1. The largest absolute Gasteiger partial charge is 0.394 e. The molecule has 1 aliphatic rings. The van der Waals surface area contributed by atoms with E-state index in [2.05, 4.69) is 10.4 Å². The number of nitrogens with one attached hydrogen (secondary N) is 1. The van der Waals surface area contributed by atoms with Gasteiger partial charge in [-0.3, -0.25) is 9.48 Å². The van der Waals surface area contributed by atoms with E-state index in [0.29, 0.717) is 13.2 Å². The van der Waals surface area contributed by atoms with E-state index in [1.807, 2.05) is 12.3 Å². The van der Waals surface area contributed by atoms with Crippen molar-refractivity contribution in [1.82, 2.24) is 15.1 Å². The fourth-order valence-corrected chi connectivity index (χ4v) is 1.99. The summed E-state index contributed by atoms with van der Waals surface area (Å²) < 4.78 is 6.72. The summed E-state index contributed by atoms with van der Waals surface area (Å²) in [6.07, 6.45) is 5.29. The van der Waals surface area contributed by atoms with Gasteiger partial charge >= 0.3 is 0 Å². The van der Waals surface area contributed by atoms with Crippen molar-refractivity contribution in [2.75, 3.05) is 20.3 Å². The zero-order chi connectivity index (χ0) is 13.0. The zero-order valence-corrected chi connectivity index (χ0v) is 10.5. The Hall–Kier alpha value is -1.40. The average molecular weight is 253 g/mol. The van der Waals surface area contributed by atoms with Gasteiger partial charge < -0.3 is 15.2 Å². The number of carbonyl (C=O) groups is 1. The number of amides is 1. The molecule has 1 saturated carbocycles. The Morgan fingerprint density at radius 1 is 1.67 bits per heavy atom. The predicted molar refractivity (Wildman–Crippen MR) is 64.8 cm³/mol. The van der Waals surface area contributed by atoms with E-state index in [1.165, 1.54) is 0 Å². The number of nitrogens with zero attached hydrogens (tertiary/aromatic N) is 2. The molecule has 6 nitrogen and oxygen atoms in total. The van der Waals surface area contributed by atoms with Crippen molar-refractivity contribution < 1.29 is 14.6 Å². The van der Waals surface area contributed by atoms with Crippen LogP contribution >= 0.6 is 0 Å². The van der Waals surface area contributed by atoms with Crippen LogP contribution in [0.4, 0.5) is 0 Å². The molecule has 0 spiro atoms. The Bertz CT molecular complexity index is 387. The van der Waals surface area contributed by atoms with Crippen LogP contribution in [0.25, 0.3) is 0 Å². The van der Waals surface area contributed by atoms with Gasteiger partial charge in [-0.2, -0.15) is 5.10 Å². The van der Waals surface area contributed by atoms with Crippen molar-refractivity contribution in [2.24, 2.45) is 5.41 Å². The van der Waals surface area contributed by atoms with Crippen LogP contribution in [0.5, 0.6) is 0 Å². The van der Waals surface area contributed by atoms with Gasteiger partial charge in [-0.1, -0.05) is 0 Å². The van der Waals surface area contributed by atoms with Crippen LogP contribution in [-0.2, 0) is 16.1 Å². The molecule has 2 rings (SSSR count). The SMILES string of the molecule is COC[C@@H](CO)NC(=O)C1(Cn2cccn2)CC1. The predicted octanol–water partition coefficient (Wildman–Crippen LogP) is -0.213. The maximum absolute atomic E-state index is 12.2. The smallest absolute Gasteiger partial charge is 0.228 e. The monoisotopic (exact) mass is 253 g/mol. The van der Waals surface area contributed by atoms with Gasteiger partial charge in [0.15, 0.2) is 0 Å². The number of ether oxygens (including phenoxy) is 1. The normalized spacial score (nSPS) is 18.3.